The monoisotopic (exact) mass is 282 g/mol. The fraction of sp³-hybridized carbons (Fsp3) is 1.00. The Morgan fingerprint density at radius 2 is 1.25 bits per heavy atom. The highest BCUT2D eigenvalue weighted by molar-refractivity contribution is 4.74. The van der Waals surface area contributed by atoms with E-state index in [4.69, 9.17) is 0 Å². The Balaban J connectivity index is 3.97. The summed E-state index contributed by atoms with van der Waals surface area (Å²) in [5, 5.41) is 0. The van der Waals surface area contributed by atoms with E-state index in [2.05, 4.69) is 62.3 Å². The molecule has 0 fully saturated rings. The van der Waals surface area contributed by atoms with Crippen LogP contribution in [0.1, 0.15) is 101 Å². The lowest BCUT2D eigenvalue weighted by Crippen LogP contribution is -2.17. The molecule has 20 heavy (non-hydrogen) atoms. The van der Waals surface area contributed by atoms with Gasteiger partial charge in [-0.15, -0.1) is 0 Å². The van der Waals surface area contributed by atoms with Gasteiger partial charge in [-0.2, -0.15) is 0 Å². The van der Waals surface area contributed by atoms with Crippen LogP contribution in [0.4, 0.5) is 0 Å². The minimum Gasteiger partial charge on any atom is -0.0628 e. The minimum atomic E-state index is 0.482. The topological polar surface area (TPSA) is 0 Å². The van der Waals surface area contributed by atoms with Gasteiger partial charge in [0, 0.05) is 0 Å². The maximum atomic E-state index is 2.46. The fourth-order valence-corrected chi connectivity index (χ4v) is 3.00. The molecule has 2 atom stereocenters. The van der Waals surface area contributed by atoms with E-state index in [0.29, 0.717) is 10.8 Å². The Morgan fingerprint density at radius 1 is 0.700 bits per heavy atom. The van der Waals surface area contributed by atoms with Crippen molar-refractivity contribution >= 4 is 0 Å². The Hall–Kier alpha value is 0. The summed E-state index contributed by atoms with van der Waals surface area (Å²) < 4.78 is 0. The minimum absolute atomic E-state index is 0.482. The van der Waals surface area contributed by atoms with Crippen LogP contribution in [0.3, 0.4) is 0 Å². The third kappa shape index (κ3) is 10.7. The van der Waals surface area contributed by atoms with E-state index < -0.39 is 0 Å². The first-order valence-electron chi connectivity index (χ1n) is 8.93. The summed E-state index contributed by atoms with van der Waals surface area (Å²) in [6.45, 7) is 21.6. The molecule has 122 valence electrons. The second kappa shape index (κ2) is 8.44. The van der Waals surface area contributed by atoms with Crippen LogP contribution in [0, 0.1) is 28.6 Å². The van der Waals surface area contributed by atoms with Crippen LogP contribution in [0.15, 0.2) is 0 Å². The zero-order valence-corrected chi connectivity index (χ0v) is 16.0. The van der Waals surface area contributed by atoms with Crippen LogP contribution in [0.2, 0.25) is 0 Å². The Labute approximate surface area is 130 Å². The van der Waals surface area contributed by atoms with Crippen molar-refractivity contribution in [3.63, 3.8) is 0 Å². The van der Waals surface area contributed by atoms with Crippen molar-refractivity contribution in [2.45, 2.75) is 101 Å². The molecule has 0 heteroatoms. The smallest absolute Gasteiger partial charge is 0.0354 e. The molecule has 0 aromatic rings. The zero-order valence-electron chi connectivity index (χ0n) is 16.0. The molecule has 0 nitrogen and oxygen atoms in total. The first-order valence-corrected chi connectivity index (χ1v) is 8.93. The molecule has 0 spiro atoms. The lowest BCUT2D eigenvalue weighted by atomic mass is 9.76. The quantitative estimate of drug-likeness (QED) is 0.415. The van der Waals surface area contributed by atoms with Gasteiger partial charge in [0.05, 0.1) is 0 Å². The van der Waals surface area contributed by atoms with Gasteiger partial charge in [-0.25, -0.2) is 0 Å². The van der Waals surface area contributed by atoms with Gasteiger partial charge < -0.3 is 0 Å². The molecule has 0 saturated carbocycles. The SMILES string of the molecule is CC(C)CC(C)C(C)CCCC(C)(C)CCC(C)(C)C. The summed E-state index contributed by atoms with van der Waals surface area (Å²) in [5.41, 5.74) is 1.00. The first kappa shape index (κ1) is 20.0. The van der Waals surface area contributed by atoms with E-state index in [1.165, 1.54) is 38.5 Å². The average Bonchev–Trinajstić information content (AvgIpc) is 2.24. The summed E-state index contributed by atoms with van der Waals surface area (Å²) in [6, 6.07) is 0. The van der Waals surface area contributed by atoms with Crippen molar-refractivity contribution < 1.29 is 0 Å². The van der Waals surface area contributed by atoms with Crippen molar-refractivity contribution in [3.05, 3.63) is 0 Å². The molecule has 0 radical (unpaired) electrons. The highest BCUT2D eigenvalue weighted by Crippen LogP contribution is 2.35. The normalized spacial score (nSPS) is 16.5. The predicted molar refractivity (Wildman–Crippen MR) is 94.1 cm³/mol. The zero-order chi connectivity index (χ0) is 16.0. The van der Waals surface area contributed by atoms with Gasteiger partial charge in [0.2, 0.25) is 0 Å². The van der Waals surface area contributed by atoms with E-state index in [1.807, 2.05) is 0 Å². The summed E-state index contributed by atoms with van der Waals surface area (Å²) in [4.78, 5) is 0. The molecule has 0 aliphatic heterocycles. The Bertz CT molecular complexity index is 241. The van der Waals surface area contributed by atoms with Gasteiger partial charge in [-0.1, -0.05) is 75.2 Å². The van der Waals surface area contributed by atoms with E-state index in [0.717, 1.165) is 17.8 Å². The lowest BCUT2D eigenvalue weighted by Gasteiger charge is -2.30. The molecule has 0 aliphatic rings. The van der Waals surface area contributed by atoms with Gasteiger partial charge in [-0.05, 0) is 54.3 Å². The molecule has 0 rings (SSSR count). The Kier molecular flexibility index (Phi) is 8.44. The number of hydrogen-bond acceptors (Lipinski definition) is 0. The molecular formula is C20H42. The molecule has 0 N–H and O–H groups in total. The summed E-state index contributed by atoms with van der Waals surface area (Å²) in [6.07, 6.45) is 8.30. The summed E-state index contributed by atoms with van der Waals surface area (Å²) in [5.74, 6) is 2.61. The van der Waals surface area contributed by atoms with Crippen molar-refractivity contribution in [2.24, 2.45) is 28.6 Å². The second-order valence-corrected chi connectivity index (χ2v) is 9.70. The van der Waals surface area contributed by atoms with Crippen molar-refractivity contribution in [3.8, 4) is 0 Å². The maximum Gasteiger partial charge on any atom is -0.0354 e. The van der Waals surface area contributed by atoms with Crippen LogP contribution in [-0.4, -0.2) is 0 Å². The van der Waals surface area contributed by atoms with Crippen LogP contribution >= 0.6 is 0 Å². The number of rotatable bonds is 9. The fourth-order valence-electron chi connectivity index (χ4n) is 3.00. The van der Waals surface area contributed by atoms with Crippen molar-refractivity contribution in [2.75, 3.05) is 0 Å². The van der Waals surface area contributed by atoms with Crippen LogP contribution in [0.25, 0.3) is 0 Å². The van der Waals surface area contributed by atoms with Crippen molar-refractivity contribution in [1.29, 1.82) is 0 Å². The third-order valence-electron chi connectivity index (χ3n) is 4.88. The van der Waals surface area contributed by atoms with Gasteiger partial charge >= 0.3 is 0 Å². The second-order valence-electron chi connectivity index (χ2n) is 9.70. The van der Waals surface area contributed by atoms with Gasteiger partial charge in [0.25, 0.3) is 0 Å². The van der Waals surface area contributed by atoms with Gasteiger partial charge in [0.1, 0.15) is 0 Å². The largest absolute Gasteiger partial charge is 0.0628 e. The summed E-state index contributed by atoms with van der Waals surface area (Å²) >= 11 is 0. The molecule has 0 aliphatic carbocycles. The highest BCUT2D eigenvalue weighted by Gasteiger charge is 2.22. The third-order valence-corrected chi connectivity index (χ3v) is 4.88. The molecular weight excluding hydrogens is 240 g/mol. The molecule has 0 aromatic carbocycles. The van der Waals surface area contributed by atoms with Crippen molar-refractivity contribution in [1.82, 2.24) is 0 Å². The summed E-state index contributed by atoms with van der Waals surface area (Å²) in [7, 11) is 0. The van der Waals surface area contributed by atoms with Gasteiger partial charge in [-0.3, -0.25) is 0 Å². The standard InChI is InChI=1S/C20H42/c1-16(2)15-18(4)17(3)11-10-12-20(8,9)14-13-19(5,6)7/h16-18H,10-15H2,1-9H3. The number of hydrogen-bond donors (Lipinski definition) is 0. The molecule has 0 saturated heterocycles. The molecule has 0 amide bonds. The van der Waals surface area contributed by atoms with Crippen LogP contribution in [0.5, 0.6) is 0 Å². The molecule has 0 aromatic heterocycles. The lowest BCUT2D eigenvalue weighted by molar-refractivity contribution is 0.222. The van der Waals surface area contributed by atoms with E-state index in [1.54, 1.807) is 0 Å². The van der Waals surface area contributed by atoms with E-state index in [9.17, 15) is 0 Å². The maximum absolute atomic E-state index is 2.46. The van der Waals surface area contributed by atoms with Gasteiger partial charge in [0.15, 0.2) is 0 Å². The molecule has 0 bridgehead atoms. The average molecular weight is 283 g/mol. The molecule has 2 unspecified atom stereocenters. The van der Waals surface area contributed by atoms with E-state index >= 15 is 0 Å². The predicted octanol–water partition coefficient (Wildman–Crippen LogP) is 7.33. The van der Waals surface area contributed by atoms with Crippen LogP contribution < -0.4 is 0 Å². The van der Waals surface area contributed by atoms with E-state index in [-0.39, 0.29) is 0 Å². The van der Waals surface area contributed by atoms with Crippen LogP contribution in [-0.2, 0) is 0 Å². The Morgan fingerprint density at radius 3 is 1.70 bits per heavy atom. The first-order chi connectivity index (χ1) is 8.93. The highest BCUT2D eigenvalue weighted by atomic mass is 14.3. The molecule has 0 heterocycles.